The maximum Gasteiger partial charge on any atom is 0.341 e. The van der Waals surface area contributed by atoms with Gasteiger partial charge in [0.05, 0.1) is 17.3 Å². The molecule has 1 aromatic carbocycles. The molecule has 7 nitrogen and oxygen atoms in total. The number of amides is 1. The van der Waals surface area contributed by atoms with Gasteiger partial charge in [0.15, 0.2) is 6.61 Å². The van der Waals surface area contributed by atoms with Crippen LogP contribution in [0, 0.1) is 0 Å². The Balaban J connectivity index is 2.00. The van der Waals surface area contributed by atoms with Gasteiger partial charge < -0.3 is 15.2 Å². The number of benzene rings is 1. The lowest BCUT2D eigenvalue weighted by Gasteiger charge is -2.18. The summed E-state index contributed by atoms with van der Waals surface area (Å²) in [6.07, 6.45) is 3.21. The Morgan fingerprint density at radius 3 is 2.43 bits per heavy atom. The van der Waals surface area contributed by atoms with E-state index in [1.54, 1.807) is 35.1 Å². The second-order valence-corrected chi connectivity index (χ2v) is 6.01. The van der Waals surface area contributed by atoms with Gasteiger partial charge in [0.2, 0.25) is 0 Å². The molecule has 0 aliphatic rings. The van der Waals surface area contributed by atoms with E-state index < -0.39 is 12.6 Å². The summed E-state index contributed by atoms with van der Waals surface area (Å²) >= 11 is 0. The van der Waals surface area contributed by atoms with Crippen LogP contribution in [0.3, 0.4) is 0 Å². The highest BCUT2D eigenvalue weighted by Gasteiger charge is 2.16. The molecule has 23 heavy (non-hydrogen) atoms. The molecule has 0 aliphatic carbocycles. The third-order valence-electron chi connectivity index (χ3n) is 3.01. The van der Waals surface area contributed by atoms with Gasteiger partial charge in [-0.3, -0.25) is 9.48 Å². The number of carboxylic acid groups (broad SMARTS) is 1. The van der Waals surface area contributed by atoms with Crippen LogP contribution in [0.2, 0.25) is 0 Å². The Kier molecular flexibility index (Phi) is 4.68. The smallest absolute Gasteiger partial charge is 0.341 e. The first-order valence-corrected chi connectivity index (χ1v) is 7.07. The van der Waals surface area contributed by atoms with E-state index in [0.717, 1.165) is 0 Å². The number of hydrogen-bond acceptors (Lipinski definition) is 4. The van der Waals surface area contributed by atoms with Crippen LogP contribution in [0.1, 0.15) is 31.1 Å². The molecule has 2 rings (SSSR count). The standard InChI is InChI=1S/C16H19N3O4/c1-16(2,3)19-9-11(8-17-19)15(22)18-12-4-6-13(7-5-12)23-10-14(20)21/h4-9H,10H2,1-3H3,(H,18,22)(H,20,21). The van der Waals surface area contributed by atoms with Crippen molar-refractivity contribution in [1.29, 1.82) is 0 Å². The summed E-state index contributed by atoms with van der Waals surface area (Å²) in [6, 6.07) is 6.47. The summed E-state index contributed by atoms with van der Waals surface area (Å²) in [5, 5.41) is 15.5. The van der Waals surface area contributed by atoms with Crippen molar-refractivity contribution in [2.24, 2.45) is 0 Å². The van der Waals surface area contributed by atoms with Crippen LogP contribution in [-0.2, 0) is 10.3 Å². The molecular weight excluding hydrogens is 298 g/mol. The fraction of sp³-hybridized carbons (Fsp3) is 0.312. The third-order valence-corrected chi connectivity index (χ3v) is 3.01. The monoisotopic (exact) mass is 317 g/mol. The zero-order valence-corrected chi connectivity index (χ0v) is 13.2. The molecule has 0 atom stereocenters. The van der Waals surface area contributed by atoms with Gasteiger partial charge in [0, 0.05) is 11.9 Å². The highest BCUT2D eigenvalue weighted by Crippen LogP contribution is 2.17. The molecule has 2 N–H and O–H groups in total. The average molecular weight is 317 g/mol. The zero-order valence-electron chi connectivity index (χ0n) is 13.2. The topological polar surface area (TPSA) is 93.5 Å². The van der Waals surface area contributed by atoms with Crippen molar-refractivity contribution in [3.8, 4) is 5.75 Å². The maximum atomic E-state index is 12.2. The molecule has 1 heterocycles. The molecule has 122 valence electrons. The molecule has 0 fully saturated rings. The van der Waals surface area contributed by atoms with E-state index in [2.05, 4.69) is 10.4 Å². The van der Waals surface area contributed by atoms with Gasteiger partial charge in [-0.1, -0.05) is 0 Å². The van der Waals surface area contributed by atoms with E-state index in [1.807, 2.05) is 20.8 Å². The Morgan fingerprint density at radius 1 is 1.26 bits per heavy atom. The Hall–Kier alpha value is -2.83. The van der Waals surface area contributed by atoms with Gasteiger partial charge in [-0.25, -0.2) is 4.79 Å². The largest absolute Gasteiger partial charge is 0.482 e. The summed E-state index contributed by atoms with van der Waals surface area (Å²) in [5.74, 6) is -0.885. The first-order chi connectivity index (χ1) is 10.8. The molecule has 7 heteroatoms. The molecule has 0 radical (unpaired) electrons. The summed E-state index contributed by atoms with van der Waals surface area (Å²) in [5.41, 5.74) is 0.856. The van der Waals surface area contributed by atoms with Crippen molar-refractivity contribution < 1.29 is 19.4 Å². The Bertz CT molecular complexity index is 699. The van der Waals surface area contributed by atoms with Crippen LogP contribution in [0.4, 0.5) is 5.69 Å². The summed E-state index contributed by atoms with van der Waals surface area (Å²) in [7, 11) is 0. The lowest BCUT2D eigenvalue weighted by atomic mass is 10.1. The Labute approximate surface area is 133 Å². The van der Waals surface area contributed by atoms with E-state index >= 15 is 0 Å². The number of hydrogen-bond donors (Lipinski definition) is 2. The van der Waals surface area contributed by atoms with Gasteiger partial charge >= 0.3 is 5.97 Å². The van der Waals surface area contributed by atoms with Gasteiger partial charge in [-0.05, 0) is 45.0 Å². The zero-order chi connectivity index (χ0) is 17.0. The molecule has 1 aromatic heterocycles. The van der Waals surface area contributed by atoms with Gasteiger partial charge in [0.1, 0.15) is 5.75 Å². The van der Waals surface area contributed by atoms with Gasteiger partial charge in [-0.2, -0.15) is 5.10 Å². The molecule has 0 bridgehead atoms. The number of carboxylic acids is 1. The van der Waals surface area contributed by atoms with Crippen LogP contribution in [0.5, 0.6) is 5.75 Å². The number of carbonyl (C=O) groups is 2. The highest BCUT2D eigenvalue weighted by atomic mass is 16.5. The number of ether oxygens (including phenoxy) is 1. The van der Waals surface area contributed by atoms with E-state index in [1.165, 1.54) is 6.20 Å². The summed E-state index contributed by atoms with van der Waals surface area (Å²) < 4.78 is 6.75. The number of aliphatic carboxylic acids is 1. The fourth-order valence-corrected chi connectivity index (χ4v) is 1.79. The lowest BCUT2D eigenvalue weighted by molar-refractivity contribution is -0.139. The van der Waals surface area contributed by atoms with Gasteiger partial charge in [-0.15, -0.1) is 0 Å². The first kappa shape index (κ1) is 16.5. The van der Waals surface area contributed by atoms with E-state index in [4.69, 9.17) is 9.84 Å². The first-order valence-electron chi connectivity index (χ1n) is 7.07. The lowest BCUT2D eigenvalue weighted by Crippen LogP contribution is -2.22. The van der Waals surface area contributed by atoms with E-state index in [0.29, 0.717) is 17.0 Å². The van der Waals surface area contributed by atoms with Crippen molar-refractivity contribution in [3.63, 3.8) is 0 Å². The molecule has 0 saturated heterocycles. The summed E-state index contributed by atoms with van der Waals surface area (Å²) in [6.45, 7) is 5.59. The summed E-state index contributed by atoms with van der Waals surface area (Å²) in [4.78, 5) is 22.6. The number of anilines is 1. The predicted octanol–water partition coefficient (Wildman–Crippen LogP) is 2.35. The molecular formula is C16H19N3O4. The maximum absolute atomic E-state index is 12.2. The second-order valence-electron chi connectivity index (χ2n) is 6.01. The number of carbonyl (C=O) groups excluding carboxylic acids is 1. The van der Waals surface area contributed by atoms with Crippen LogP contribution >= 0.6 is 0 Å². The average Bonchev–Trinajstić information content (AvgIpc) is 2.96. The molecule has 2 aromatic rings. The van der Waals surface area contributed by atoms with Crippen molar-refractivity contribution in [3.05, 3.63) is 42.2 Å². The quantitative estimate of drug-likeness (QED) is 0.883. The van der Waals surface area contributed by atoms with Crippen LogP contribution in [-0.4, -0.2) is 33.4 Å². The normalized spacial score (nSPS) is 11.1. The molecule has 0 unspecified atom stereocenters. The predicted molar refractivity (Wildman–Crippen MR) is 84.7 cm³/mol. The number of nitrogens with one attached hydrogen (secondary N) is 1. The fourth-order valence-electron chi connectivity index (χ4n) is 1.79. The third kappa shape index (κ3) is 4.57. The van der Waals surface area contributed by atoms with E-state index in [9.17, 15) is 9.59 Å². The molecule has 1 amide bonds. The van der Waals surface area contributed by atoms with Crippen molar-refractivity contribution in [1.82, 2.24) is 9.78 Å². The van der Waals surface area contributed by atoms with Gasteiger partial charge in [0.25, 0.3) is 5.91 Å². The van der Waals surface area contributed by atoms with Crippen LogP contribution in [0.25, 0.3) is 0 Å². The molecule has 0 saturated carbocycles. The Morgan fingerprint density at radius 2 is 1.91 bits per heavy atom. The molecule has 0 aliphatic heterocycles. The minimum atomic E-state index is -1.04. The highest BCUT2D eigenvalue weighted by molar-refractivity contribution is 6.03. The minimum Gasteiger partial charge on any atom is -0.482 e. The minimum absolute atomic E-state index is 0.193. The SMILES string of the molecule is CC(C)(C)n1cc(C(=O)Nc2ccc(OCC(=O)O)cc2)cn1. The number of nitrogens with zero attached hydrogens (tertiary/aromatic N) is 2. The second kappa shape index (κ2) is 6.51. The van der Waals surface area contributed by atoms with Crippen molar-refractivity contribution >= 4 is 17.6 Å². The van der Waals surface area contributed by atoms with Crippen LogP contribution in [0.15, 0.2) is 36.7 Å². The number of rotatable bonds is 5. The van der Waals surface area contributed by atoms with E-state index in [-0.39, 0.29) is 11.4 Å². The van der Waals surface area contributed by atoms with Crippen LogP contribution < -0.4 is 10.1 Å². The number of aromatic nitrogens is 2. The molecule has 0 spiro atoms. The van der Waals surface area contributed by atoms with Crippen molar-refractivity contribution in [2.45, 2.75) is 26.3 Å². The van der Waals surface area contributed by atoms with Crippen molar-refractivity contribution in [2.75, 3.05) is 11.9 Å².